The van der Waals surface area contributed by atoms with Crippen LogP contribution in [0.25, 0.3) is 0 Å². The van der Waals surface area contributed by atoms with E-state index in [1.54, 1.807) is 12.1 Å². The van der Waals surface area contributed by atoms with Crippen molar-refractivity contribution in [1.29, 1.82) is 0 Å². The average Bonchev–Trinajstić information content (AvgIpc) is 2.90. The molecule has 0 bridgehead atoms. The fourth-order valence-electron chi connectivity index (χ4n) is 3.10. The fraction of sp³-hybridized carbons (Fsp3) is 0.625. The van der Waals surface area contributed by atoms with Crippen LogP contribution in [0.15, 0.2) is 24.3 Å². The second-order valence-corrected chi connectivity index (χ2v) is 5.48. The van der Waals surface area contributed by atoms with E-state index in [0.717, 1.165) is 17.9 Å². The number of rotatable bonds is 5. The lowest BCUT2D eigenvalue weighted by atomic mass is 9.96. The maximum Gasteiger partial charge on any atom is 0.127 e. The summed E-state index contributed by atoms with van der Waals surface area (Å²) in [6.07, 6.45) is 6.28. The lowest BCUT2D eigenvalue weighted by Crippen LogP contribution is -2.35. The van der Waals surface area contributed by atoms with E-state index in [4.69, 9.17) is 0 Å². The maximum atomic E-state index is 13.8. The van der Waals surface area contributed by atoms with E-state index in [1.165, 1.54) is 25.7 Å². The SMILES string of the molecule is CCC(N[C@H](C)C1CCCC1)c1ccccc1F. The van der Waals surface area contributed by atoms with Gasteiger partial charge in [0.15, 0.2) is 0 Å². The molecule has 1 unspecified atom stereocenters. The molecule has 2 atom stereocenters. The Labute approximate surface area is 110 Å². The Bertz CT molecular complexity index is 371. The molecule has 1 aliphatic carbocycles. The summed E-state index contributed by atoms with van der Waals surface area (Å²) in [5.41, 5.74) is 0.810. The molecule has 100 valence electrons. The fourth-order valence-corrected chi connectivity index (χ4v) is 3.10. The molecule has 1 fully saturated rings. The van der Waals surface area contributed by atoms with Crippen LogP contribution in [-0.2, 0) is 0 Å². The zero-order valence-electron chi connectivity index (χ0n) is 11.5. The van der Waals surface area contributed by atoms with Crippen molar-refractivity contribution in [3.63, 3.8) is 0 Å². The summed E-state index contributed by atoms with van der Waals surface area (Å²) in [6.45, 7) is 4.37. The minimum atomic E-state index is -0.0875. The van der Waals surface area contributed by atoms with Gasteiger partial charge in [-0.1, -0.05) is 38.0 Å². The molecule has 0 aliphatic heterocycles. The highest BCUT2D eigenvalue weighted by Gasteiger charge is 2.24. The largest absolute Gasteiger partial charge is 0.307 e. The number of halogens is 1. The molecule has 0 aromatic heterocycles. The first-order valence-electron chi connectivity index (χ1n) is 7.22. The van der Waals surface area contributed by atoms with Gasteiger partial charge in [0, 0.05) is 17.6 Å². The van der Waals surface area contributed by atoms with Crippen LogP contribution in [0.3, 0.4) is 0 Å². The van der Waals surface area contributed by atoms with E-state index in [0.29, 0.717) is 6.04 Å². The Morgan fingerprint density at radius 3 is 2.56 bits per heavy atom. The van der Waals surface area contributed by atoms with Gasteiger partial charge in [-0.25, -0.2) is 4.39 Å². The van der Waals surface area contributed by atoms with Gasteiger partial charge in [0.1, 0.15) is 5.82 Å². The molecule has 18 heavy (non-hydrogen) atoms. The normalized spacial score (nSPS) is 19.9. The van der Waals surface area contributed by atoms with Crippen LogP contribution < -0.4 is 5.32 Å². The first-order chi connectivity index (χ1) is 8.72. The van der Waals surface area contributed by atoms with Crippen LogP contribution in [0.4, 0.5) is 4.39 Å². The molecule has 0 amide bonds. The van der Waals surface area contributed by atoms with Crippen molar-refractivity contribution < 1.29 is 4.39 Å². The first-order valence-corrected chi connectivity index (χ1v) is 7.22. The third kappa shape index (κ3) is 3.11. The molecule has 1 N–H and O–H groups in total. The smallest absolute Gasteiger partial charge is 0.127 e. The third-order valence-electron chi connectivity index (χ3n) is 4.26. The number of benzene rings is 1. The number of hydrogen-bond acceptors (Lipinski definition) is 1. The zero-order valence-corrected chi connectivity index (χ0v) is 11.5. The highest BCUT2D eigenvalue weighted by atomic mass is 19.1. The Hall–Kier alpha value is -0.890. The van der Waals surface area contributed by atoms with Gasteiger partial charge < -0.3 is 5.32 Å². The summed E-state index contributed by atoms with van der Waals surface area (Å²) in [4.78, 5) is 0. The van der Waals surface area contributed by atoms with Crippen LogP contribution in [0, 0.1) is 11.7 Å². The summed E-state index contributed by atoms with van der Waals surface area (Å²) in [5, 5.41) is 3.63. The van der Waals surface area contributed by atoms with E-state index in [9.17, 15) is 4.39 Å². The Morgan fingerprint density at radius 1 is 1.28 bits per heavy atom. The summed E-state index contributed by atoms with van der Waals surface area (Å²) in [5.74, 6) is 0.682. The van der Waals surface area contributed by atoms with Gasteiger partial charge >= 0.3 is 0 Å². The molecule has 0 radical (unpaired) electrons. The minimum absolute atomic E-state index is 0.0875. The Morgan fingerprint density at radius 2 is 1.94 bits per heavy atom. The molecular weight excluding hydrogens is 225 g/mol. The topological polar surface area (TPSA) is 12.0 Å². The lowest BCUT2D eigenvalue weighted by molar-refractivity contribution is 0.334. The van der Waals surface area contributed by atoms with Crippen molar-refractivity contribution >= 4 is 0 Å². The molecule has 2 rings (SSSR count). The average molecular weight is 249 g/mol. The van der Waals surface area contributed by atoms with Crippen molar-refractivity contribution in [2.24, 2.45) is 5.92 Å². The van der Waals surface area contributed by atoms with Crippen molar-refractivity contribution in [2.75, 3.05) is 0 Å². The standard InChI is InChI=1S/C16H24FN/c1-3-16(14-10-6-7-11-15(14)17)18-12(2)13-8-4-5-9-13/h6-7,10-13,16,18H,3-5,8-9H2,1-2H3/t12-,16?/m1/s1. The molecule has 1 aromatic rings. The minimum Gasteiger partial charge on any atom is -0.307 e. The summed E-state index contributed by atoms with van der Waals surface area (Å²) in [6, 6.07) is 7.76. The van der Waals surface area contributed by atoms with Crippen LogP contribution in [-0.4, -0.2) is 6.04 Å². The van der Waals surface area contributed by atoms with Crippen LogP contribution in [0.1, 0.15) is 57.6 Å². The Kier molecular flexibility index (Phi) is 4.76. The van der Waals surface area contributed by atoms with Crippen LogP contribution >= 0.6 is 0 Å². The van der Waals surface area contributed by atoms with Gasteiger partial charge in [-0.15, -0.1) is 0 Å². The number of hydrogen-bond donors (Lipinski definition) is 1. The monoisotopic (exact) mass is 249 g/mol. The van der Waals surface area contributed by atoms with Gasteiger partial charge in [-0.3, -0.25) is 0 Å². The maximum absolute atomic E-state index is 13.8. The first kappa shape index (κ1) is 13.5. The van der Waals surface area contributed by atoms with Gasteiger partial charge in [-0.2, -0.15) is 0 Å². The van der Waals surface area contributed by atoms with Gasteiger partial charge in [0.05, 0.1) is 0 Å². The van der Waals surface area contributed by atoms with Crippen molar-refractivity contribution in [3.05, 3.63) is 35.6 Å². The third-order valence-corrected chi connectivity index (χ3v) is 4.26. The highest BCUT2D eigenvalue weighted by Crippen LogP contribution is 2.29. The molecule has 1 aromatic carbocycles. The molecule has 2 heteroatoms. The van der Waals surface area contributed by atoms with E-state index in [1.807, 2.05) is 12.1 Å². The summed E-state index contributed by atoms with van der Waals surface area (Å²) < 4.78 is 13.8. The molecule has 0 spiro atoms. The van der Waals surface area contributed by atoms with E-state index >= 15 is 0 Å². The lowest BCUT2D eigenvalue weighted by Gasteiger charge is -2.27. The highest BCUT2D eigenvalue weighted by molar-refractivity contribution is 5.21. The van der Waals surface area contributed by atoms with Gasteiger partial charge in [0.2, 0.25) is 0 Å². The van der Waals surface area contributed by atoms with Gasteiger partial charge in [0.25, 0.3) is 0 Å². The second kappa shape index (κ2) is 6.33. The molecular formula is C16H24FN. The van der Waals surface area contributed by atoms with Crippen LogP contribution in [0.2, 0.25) is 0 Å². The van der Waals surface area contributed by atoms with E-state index in [-0.39, 0.29) is 11.9 Å². The number of nitrogens with one attached hydrogen (secondary N) is 1. The molecule has 0 heterocycles. The second-order valence-electron chi connectivity index (χ2n) is 5.48. The van der Waals surface area contributed by atoms with Crippen molar-refractivity contribution in [1.82, 2.24) is 5.32 Å². The summed E-state index contributed by atoms with van der Waals surface area (Å²) >= 11 is 0. The quantitative estimate of drug-likeness (QED) is 0.813. The van der Waals surface area contributed by atoms with Crippen LogP contribution in [0.5, 0.6) is 0 Å². The molecule has 0 saturated heterocycles. The summed E-state index contributed by atoms with van der Waals surface area (Å²) in [7, 11) is 0. The molecule has 1 saturated carbocycles. The van der Waals surface area contributed by atoms with Gasteiger partial charge in [-0.05, 0) is 38.2 Å². The molecule has 1 nitrogen and oxygen atoms in total. The van der Waals surface area contributed by atoms with E-state index in [2.05, 4.69) is 19.2 Å². The van der Waals surface area contributed by atoms with Crippen molar-refractivity contribution in [3.8, 4) is 0 Å². The van der Waals surface area contributed by atoms with Crippen molar-refractivity contribution in [2.45, 2.75) is 58.0 Å². The Balaban J connectivity index is 2.02. The predicted octanol–water partition coefficient (Wildman–Crippen LogP) is 4.45. The van der Waals surface area contributed by atoms with E-state index < -0.39 is 0 Å². The molecule has 1 aliphatic rings. The zero-order chi connectivity index (χ0) is 13.0. The predicted molar refractivity (Wildman–Crippen MR) is 74.0 cm³/mol.